The molecule has 0 N–H and O–H groups in total. The van der Waals surface area contributed by atoms with Crippen LogP contribution in [0.25, 0.3) is 0 Å². The molecule has 0 bridgehead atoms. The molecule has 0 aromatic rings. The van der Waals surface area contributed by atoms with Crippen molar-refractivity contribution in [3.05, 3.63) is 0 Å². The third-order valence-electron chi connectivity index (χ3n) is 3.98. The number of piperidine rings is 1. The van der Waals surface area contributed by atoms with Gasteiger partial charge < -0.3 is 9.80 Å². The van der Waals surface area contributed by atoms with Gasteiger partial charge in [-0.1, -0.05) is 0 Å². The van der Waals surface area contributed by atoms with Crippen LogP contribution < -0.4 is 0 Å². The molecule has 2 atom stereocenters. The second-order valence-corrected chi connectivity index (χ2v) is 6.56. The molecule has 1 fully saturated rings. The molecule has 1 saturated heterocycles. The number of amides is 2. The van der Waals surface area contributed by atoms with E-state index in [0.29, 0.717) is 6.54 Å². The van der Waals surface area contributed by atoms with Crippen LogP contribution in [-0.2, 0) is 9.59 Å². The first-order chi connectivity index (χ1) is 8.70. The highest BCUT2D eigenvalue weighted by Crippen LogP contribution is 2.24. The average Bonchev–Trinajstić information content (AvgIpc) is 2.27. The highest BCUT2D eigenvalue weighted by molar-refractivity contribution is 6.35. The van der Waals surface area contributed by atoms with Crippen LogP contribution in [0.4, 0.5) is 0 Å². The van der Waals surface area contributed by atoms with Crippen LogP contribution in [-0.4, -0.2) is 45.8 Å². The van der Waals surface area contributed by atoms with E-state index >= 15 is 0 Å². The fraction of sp³-hybridized carbons (Fsp3) is 0.867. The van der Waals surface area contributed by atoms with Gasteiger partial charge >= 0.3 is 11.8 Å². The molecule has 1 aliphatic heterocycles. The van der Waals surface area contributed by atoms with Crippen molar-refractivity contribution in [2.45, 2.75) is 78.4 Å². The summed E-state index contributed by atoms with van der Waals surface area (Å²) in [7, 11) is 0. The summed E-state index contributed by atoms with van der Waals surface area (Å²) in [6, 6.07) is 0.331. The van der Waals surface area contributed by atoms with Gasteiger partial charge in [0.2, 0.25) is 0 Å². The van der Waals surface area contributed by atoms with E-state index in [9.17, 15) is 9.59 Å². The van der Waals surface area contributed by atoms with Crippen LogP contribution in [0.3, 0.4) is 0 Å². The Bertz CT molecular complexity index is 337. The number of carbonyl (C=O) groups excluding carboxylic acids is 2. The van der Waals surface area contributed by atoms with E-state index in [1.54, 1.807) is 9.80 Å². The predicted molar refractivity (Wildman–Crippen MR) is 76.8 cm³/mol. The summed E-state index contributed by atoms with van der Waals surface area (Å²) in [6.45, 7) is 12.4. The highest BCUT2D eigenvalue weighted by atomic mass is 16.2. The van der Waals surface area contributed by atoms with Crippen LogP contribution in [0.1, 0.15) is 60.8 Å². The SMILES string of the molecule is CCN(C(=O)C(=O)N1C(C)CCCC1C)C(C)(C)C. The van der Waals surface area contributed by atoms with E-state index in [2.05, 4.69) is 0 Å². The van der Waals surface area contributed by atoms with Gasteiger partial charge in [0, 0.05) is 24.2 Å². The molecule has 0 spiro atoms. The molecule has 0 saturated carbocycles. The zero-order valence-electron chi connectivity index (χ0n) is 13.2. The van der Waals surface area contributed by atoms with Gasteiger partial charge in [0.1, 0.15) is 0 Å². The molecular formula is C15H28N2O2. The van der Waals surface area contributed by atoms with Gasteiger partial charge in [0.15, 0.2) is 0 Å². The van der Waals surface area contributed by atoms with E-state index in [4.69, 9.17) is 0 Å². The Balaban J connectivity index is 2.89. The van der Waals surface area contributed by atoms with Gasteiger partial charge in [-0.2, -0.15) is 0 Å². The number of likely N-dealkylation sites (tertiary alicyclic amines) is 1. The molecule has 19 heavy (non-hydrogen) atoms. The highest BCUT2D eigenvalue weighted by Gasteiger charge is 2.37. The minimum atomic E-state index is -0.365. The van der Waals surface area contributed by atoms with Crippen molar-refractivity contribution in [3.63, 3.8) is 0 Å². The van der Waals surface area contributed by atoms with Gasteiger partial charge in [-0.25, -0.2) is 0 Å². The van der Waals surface area contributed by atoms with E-state index in [0.717, 1.165) is 19.3 Å². The Kier molecular flexibility index (Phi) is 4.99. The molecule has 4 nitrogen and oxygen atoms in total. The molecule has 2 amide bonds. The van der Waals surface area contributed by atoms with Crippen molar-refractivity contribution < 1.29 is 9.59 Å². The molecule has 110 valence electrons. The van der Waals surface area contributed by atoms with Crippen LogP contribution in [0, 0.1) is 0 Å². The lowest BCUT2D eigenvalue weighted by molar-refractivity contribution is -0.158. The van der Waals surface area contributed by atoms with Crippen molar-refractivity contribution in [1.82, 2.24) is 9.80 Å². The third-order valence-corrected chi connectivity index (χ3v) is 3.98. The second-order valence-electron chi connectivity index (χ2n) is 6.56. The van der Waals surface area contributed by atoms with Crippen LogP contribution in [0.2, 0.25) is 0 Å². The lowest BCUT2D eigenvalue weighted by atomic mass is 9.97. The lowest BCUT2D eigenvalue weighted by Gasteiger charge is -2.41. The number of likely N-dealkylation sites (N-methyl/N-ethyl adjacent to an activating group) is 1. The second kappa shape index (κ2) is 5.93. The first kappa shape index (κ1) is 16.0. The van der Waals surface area contributed by atoms with Crippen molar-refractivity contribution in [1.29, 1.82) is 0 Å². The summed E-state index contributed by atoms with van der Waals surface area (Å²) < 4.78 is 0. The quantitative estimate of drug-likeness (QED) is 0.685. The van der Waals surface area contributed by atoms with Crippen LogP contribution >= 0.6 is 0 Å². The van der Waals surface area contributed by atoms with Gasteiger partial charge in [0.25, 0.3) is 0 Å². The monoisotopic (exact) mass is 268 g/mol. The zero-order chi connectivity index (χ0) is 14.8. The first-order valence-electron chi connectivity index (χ1n) is 7.34. The minimum Gasteiger partial charge on any atom is -0.330 e. The van der Waals surface area contributed by atoms with E-state index in [1.165, 1.54) is 0 Å². The maximum Gasteiger partial charge on any atom is 0.312 e. The summed E-state index contributed by atoms with van der Waals surface area (Å²) in [4.78, 5) is 28.4. The summed E-state index contributed by atoms with van der Waals surface area (Å²) in [5.74, 6) is -0.702. The van der Waals surface area contributed by atoms with Gasteiger partial charge in [0.05, 0.1) is 0 Å². The van der Waals surface area contributed by atoms with Gasteiger partial charge in [-0.15, -0.1) is 0 Å². The van der Waals surface area contributed by atoms with Crippen molar-refractivity contribution in [2.24, 2.45) is 0 Å². The molecule has 1 aliphatic rings. The first-order valence-corrected chi connectivity index (χ1v) is 7.34. The average molecular weight is 268 g/mol. The Morgan fingerprint density at radius 2 is 1.63 bits per heavy atom. The minimum absolute atomic E-state index is 0.166. The molecule has 0 aromatic heterocycles. The topological polar surface area (TPSA) is 40.6 Å². The molecule has 0 aliphatic carbocycles. The van der Waals surface area contributed by atoms with Crippen LogP contribution in [0.15, 0.2) is 0 Å². The van der Waals surface area contributed by atoms with Crippen molar-refractivity contribution >= 4 is 11.8 Å². The Morgan fingerprint density at radius 1 is 1.16 bits per heavy atom. The predicted octanol–water partition coefficient (Wildman–Crippen LogP) is 2.42. The fourth-order valence-corrected chi connectivity index (χ4v) is 2.97. The molecule has 0 aromatic carbocycles. The van der Waals surface area contributed by atoms with E-state index in [-0.39, 0.29) is 29.4 Å². The Hall–Kier alpha value is -1.06. The smallest absolute Gasteiger partial charge is 0.312 e. The number of hydrogen-bond donors (Lipinski definition) is 0. The fourth-order valence-electron chi connectivity index (χ4n) is 2.97. The molecule has 1 rings (SSSR count). The summed E-state index contributed by atoms with van der Waals surface area (Å²) in [5.41, 5.74) is -0.316. The summed E-state index contributed by atoms with van der Waals surface area (Å²) in [5, 5.41) is 0. The number of hydrogen-bond acceptors (Lipinski definition) is 2. The number of rotatable bonds is 1. The zero-order valence-corrected chi connectivity index (χ0v) is 13.2. The number of carbonyl (C=O) groups is 2. The Morgan fingerprint density at radius 3 is 2.00 bits per heavy atom. The maximum absolute atomic E-state index is 12.5. The molecule has 1 heterocycles. The van der Waals surface area contributed by atoms with Gasteiger partial charge in [-0.05, 0) is 60.8 Å². The molecular weight excluding hydrogens is 240 g/mol. The van der Waals surface area contributed by atoms with E-state index in [1.807, 2.05) is 41.5 Å². The van der Waals surface area contributed by atoms with Crippen molar-refractivity contribution in [2.75, 3.05) is 6.54 Å². The Labute approximate surface area is 117 Å². The summed E-state index contributed by atoms with van der Waals surface area (Å²) in [6.07, 6.45) is 3.12. The van der Waals surface area contributed by atoms with Gasteiger partial charge in [-0.3, -0.25) is 9.59 Å². The largest absolute Gasteiger partial charge is 0.330 e. The standard InChI is InChI=1S/C15H28N2O2/c1-7-16(15(4,5)6)13(18)14(19)17-11(2)9-8-10-12(17)3/h11-12H,7-10H2,1-6H3. The summed E-state index contributed by atoms with van der Waals surface area (Å²) >= 11 is 0. The molecule has 2 unspecified atom stereocenters. The van der Waals surface area contributed by atoms with Crippen LogP contribution in [0.5, 0.6) is 0 Å². The van der Waals surface area contributed by atoms with E-state index < -0.39 is 0 Å². The molecule has 4 heteroatoms. The number of nitrogens with zero attached hydrogens (tertiary/aromatic N) is 2. The van der Waals surface area contributed by atoms with Crippen molar-refractivity contribution in [3.8, 4) is 0 Å². The normalized spacial score (nSPS) is 24.2. The lowest BCUT2D eigenvalue weighted by Crippen LogP contribution is -2.57. The maximum atomic E-state index is 12.5. The third kappa shape index (κ3) is 3.48. The molecule has 0 radical (unpaired) electrons.